The van der Waals surface area contributed by atoms with Gasteiger partial charge in [0.1, 0.15) is 5.54 Å². The summed E-state index contributed by atoms with van der Waals surface area (Å²) in [7, 11) is 0. The van der Waals surface area contributed by atoms with E-state index in [-0.39, 0.29) is 5.54 Å². The van der Waals surface area contributed by atoms with E-state index in [0.717, 1.165) is 29.4 Å². The van der Waals surface area contributed by atoms with Gasteiger partial charge < -0.3 is 0 Å². The molecule has 0 bridgehead atoms. The van der Waals surface area contributed by atoms with Gasteiger partial charge in [-0.25, -0.2) is 0 Å². The lowest BCUT2D eigenvalue weighted by Gasteiger charge is -2.23. The minimum atomic E-state index is -0.355. The topological polar surface area (TPSA) is 35.8 Å². The predicted molar refractivity (Wildman–Crippen MR) is 87.0 cm³/mol. The lowest BCUT2D eigenvalue weighted by atomic mass is 9.98. The molecule has 1 atom stereocenters. The number of rotatable bonds is 8. The number of halogens is 1. The maximum atomic E-state index is 9.30. The van der Waals surface area contributed by atoms with Crippen LogP contribution in [-0.4, -0.2) is 17.3 Å². The predicted octanol–water partition coefficient (Wildman–Crippen LogP) is 4.39. The fourth-order valence-corrected chi connectivity index (χ4v) is 3.41. The van der Waals surface area contributed by atoms with E-state index >= 15 is 0 Å². The highest BCUT2D eigenvalue weighted by atomic mass is 35.5. The molecule has 1 aromatic carbocycles. The average molecular weight is 309 g/mol. The van der Waals surface area contributed by atoms with Gasteiger partial charge >= 0.3 is 0 Å². The molecular weight excluding hydrogens is 288 g/mol. The molecule has 1 saturated carbocycles. The van der Waals surface area contributed by atoms with Crippen molar-refractivity contribution in [2.45, 2.75) is 49.9 Å². The molecule has 0 heterocycles. The largest absolute Gasteiger partial charge is 0.297 e. The highest BCUT2D eigenvalue weighted by Gasteiger charge is 2.31. The van der Waals surface area contributed by atoms with E-state index in [1.165, 1.54) is 18.4 Å². The maximum absolute atomic E-state index is 9.30. The van der Waals surface area contributed by atoms with Crippen molar-refractivity contribution in [3.8, 4) is 6.07 Å². The molecule has 4 heteroatoms. The molecule has 1 unspecified atom stereocenters. The summed E-state index contributed by atoms with van der Waals surface area (Å²) in [5, 5.41) is 13.6. The van der Waals surface area contributed by atoms with E-state index in [1.807, 2.05) is 36.9 Å². The van der Waals surface area contributed by atoms with Crippen molar-refractivity contribution in [3.63, 3.8) is 0 Å². The van der Waals surface area contributed by atoms with Crippen LogP contribution in [0.2, 0.25) is 5.02 Å². The summed E-state index contributed by atoms with van der Waals surface area (Å²) < 4.78 is 0. The molecule has 1 N–H and O–H groups in total. The van der Waals surface area contributed by atoms with Crippen molar-refractivity contribution in [1.82, 2.24) is 5.32 Å². The highest BCUT2D eigenvalue weighted by molar-refractivity contribution is 7.98. The van der Waals surface area contributed by atoms with Crippen molar-refractivity contribution in [3.05, 3.63) is 34.9 Å². The molecule has 1 aliphatic rings. The van der Waals surface area contributed by atoms with E-state index in [1.54, 1.807) is 0 Å². The Kier molecular flexibility index (Phi) is 5.77. The molecule has 0 saturated heterocycles. The van der Waals surface area contributed by atoms with Crippen LogP contribution in [-0.2, 0) is 5.75 Å². The number of nitrogens with zero attached hydrogens (tertiary/aromatic N) is 1. The van der Waals surface area contributed by atoms with E-state index in [2.05, 4.69) is 17.5 Å². The number of hydrogen-bond donors (Lipinski definition) is 1. The average Bonchev–Trinajstić information content (AvgIpc) is 3.24. The van der Waals surface area contributed by atoms with E-state index < -0.39 is 0 Å². The Morgan fingerprint density at radius 3 is 2.85 bits per heavy atom. The molecule has 0 spiro atoms. The number of benzene rings is 1. The smallest absolute Gasteiger partial charge is 0.104 e. The van der Waals surface area contributed by atoms with Crippen LogP contribution in [0, 0.1) is 11.3 Å². The second kappa shape index (κ2) is 7.36. The molecule has 0 amide bonds. The number of nitriles is 1. The van der Waals surface area contributed by atoms with Crippen LogP contribution in [0.4, 0.5) is 0 Å². The van der Waals surface area contributed by atoms with Crippen LogP contribution in [0.3, 0.4) is 0 Å². The third kappa shape index (κ3) is 5.01. The summed E-state index contributed by atoms with van der Waals surface area (Å²) >= 11 is 8.01. The second-order valence-corrected chi connectivity index (χ2v) is 7.12. The van der Waals surface area contributed by atoms with Gasteiger partial charge in [0, 0.05) is 16.8 Å². The van der Waals surface area contributed by atoms with Gasteiger partial charge in [-0.2, -0.15) is 17.0 Å². The molecule has 1 aliphatic carbocycles. The van der Waals surface area contributed by atoms with E-state index in [0.29, 0.717) is 6.04 Å². The third-order valence-electron chi connectivity index (χ3n) is 3.53. The molecule has 108 valence electrons. The first-order chi connectivity index (χ1) is 9.63. The number of hydrogen-bond acceptors (Lipinski definition) is 3. The van der Waals surface area contributed by atoms with Gasteiger partial charge in [-0.1, -0.05) is 29.8 Å². The minimum absolute atomic E-state index is 0.355. The normalized spacial score (nSPS) is 17.4. The Bertz CT molecular complexity index is 482. The van der Waals surface area contributed by atoms with E-state index in [4.69, 9.17) is 11.6 Å². The summed E-state index contributed by atoms with van der Waals surface area (Å²) in [6.07, 6.45) is 4.41. The Hall–Kier alpha value is -0.690. The van der Waals surface area contributed by atoms with Crippen LogP contribution in [0.15, 0.2) is 24.3 Å². The van der Waals surface area contributed by atoms with Gasteiger partial charge in [-0.05, 0) is 50.0 Å². The zero-order valence-corrected chi connectivity index (χ0v) is 13.4. The summed E-state index contributed by atoms with van der Waals surface area (Å²) in [6.45, 7) is 2.02. The van der Waals surface area contributed by atoms with E-state index in [9.17, 15) is 5.26 Å². The standard InChI is InChI=1S/C16H21ClN2S/c1-16(12-18,19-14-7-8-14)9-4-10-20-11-13-5-2-3-6-15(13)17/h2-3,5-6,14,19H,4,7-11H2,1H3. The van der Waals surface area contributed by atoms with Gasteiger partial charge in [0.2, 0.25) is 0 Å². The molecule has 1 fully saturated rings. The summed E-state index contributed by atoms with van der Waals surface area (Å²) in [5.74, 6) is 2.01. The first-order valence-corrected chi connectivity index (χ1v) is 8.66. The zero-order valence-electron chi connectivity index (χ0n) is 11.9. The first-order valence-electron chi connectivity index (χ1n) is 7.13. The second-order valence-electron chi connectivity index (χ2n) is 5.61. The monoisotopic (exact) mass is 308 g/mol. The molecule has 20 heavy (non-hydrogen) atoms. The summed E-state index contributed by atoms with van der Waals surface area (Å²) in [6, 6.07) is 11.0. The molecule has 2 rings (SSSR count). The Balaban J connectivity index is 1.66. The van der Waals surface area contributed by atoms with Gasteiger partial charge in [0.25, 0.3) is 0 Å². The molecular formula is C16H21ClN2S. The maximum Gasteiger partial charge on any atom is 0.104 e. The highest BCUT2D eigenvalue weighted by Crippen LogP contribution is 2.26. The lowest BCUT2D eigenvalue weighted by Crippen LogP contribution is -2.42. The number of thioether (sulfide) groups is 1. The molecule has 0 aromatic heterocycles. The molecule has 0 radical (unpaired) electrons. The van der Waals surface area contributed by atoms with Gasteiger partial charge in [0.05, 0.1) is 6.07 Å². The number of nitrogens with one attached hydrogen (secondary N) is 1. The molecule has 0 aliphatic heterocycles. The van der Waals surface area contributed by atoms with Crippen molar-refractivity contribution in [2.75, 3.05) is 5.75 Å². The van der Waals surface area contributed by atoms with Gasteiger partial charge in [-0.15, -0.1) is 0 Å². The van der Waals surface area contributed by atoms with Crippen molar-refractivity contribution >= 4 is 23.4 Å². The quantitative estimate of drug-likeness (QED) is 0.724. The zero-order chi connectivity index (χ0) is 14.4. The Morgan fingerprint density at radius 2 is 2.20 bits per heavy atom. The summed E-state index contributed by atoms with van der Waals surface area (Å²) in [5.41, 5.74) is 0.838. The lowest BCUT2D eigenvalue weighted by molar-refractivity contribution is 0.412. The first kappa shape index (κ1) is 15.7. The third-order valence-corrected chi connectivity index (χ3v) is 4.99. The van der Waals surface area contributed by atoms with Crippen LogP contribution in [0.25, 0.3) is 0 Å². The van der Waals surface area contributed by atoms with Crippen molar-refractivity contribution in [2.24, 2.45) is 0 Å². The van der Waals surface area contributed by atoms with Crippen molar-refractivity contribution < 1.29 is 0 Å². The fourth-order valence-electron chi connectivity index (χ4n) is 2.16. The van der Waals surface area contributed by atoms with Crippen LogP contribution < -0.4 is 5.32 Å². The van der Waals surface area contributed by atoms with Gasteiger partial charge in [0.15, 0.2) is 0 Å². The van der Waals surface area contributed by atoms with Gasteiger partial charge in [-0.3, -0.25) is 5.32 Å². The molecule has 1 aromatic rings. The SMILES string of the molecule is CC(C#N)(CCCSCc1ccccc1Cl)NC1CC1. The van der Waals surface area contributed by atoms with Crippen LogP contribution in [0.5, 0.6) is 0 Å². The minimum Gasteiger partial charge on any atom is -0.297 e. The molecule has 2 nitrogen and oxygen atoms in total. The van der Waals surface area contributed by atoms with Crippen LogP contribution >= 0.6 is 23.4 Å². The Labute approximate surface area is 130 Å². The fraction of sp³-hybridized carbons (Fsp3) is 0.562. The Morgan fingerprint density at radius 1 is 1.45 bits per heavy atom. The van der Waals surface area contributed by atoms with Crippen LogP contribution in [0.1, 0.15) is 38.2 Å². The summed E-state index contributed by atoms with van der Waals surface area (Å²) in [4.78, 5) is 0. The van der Waals surface area contributed by atoms with Crippen molar-refractivity contribution in [1.29, 1.82) is 5.26 Å².